The molecule has 1 amide bonds. The second-order valence-corrected chi connectivity index (χ2v) is 9.61. The lowest BCUT2D eigenvalue weighted by Crippen LogP contribution is -2.41. The van der Waals surface area contributed by atoms with Crippen molar-refractivity contribution in [2.45, 2.75) is 24.8 Å². The molecular weight excluding hydrogens is 435 g/mol. The Kier molecular flexibility index (Phi) is 6.86. The highest BCUT2D eigenvalue weighted by Crippen LogP contribution is 2.27. The maximum atomic E-state index is 13.0. The minimum atomic E-state index is -3.70. The van der Waals surface area contributed by atoms with Crippen LogP contribution in [-0.4, -0.2) is 44.9 Å². The number of aryl methyl sites for hydroxylation is 1. The summed E-state index contributed by atoms with van der Waals surface area (Å²) in [6, 6.07) is 9.35. The van der Waals surface area contributed by atoms with E-state index >= 15 is 0 Å². The molecule has 0 aromatic heterocycles. The number of sulfonamides is 1. The average Bonchev–Trinajstić information content (AvgIpc) is 2.68. The Labute approximate surface area is 180 Å². The van der Waals surface area contributed by atoms with Crippen LogP contribution in [0.3, 0.4) is 0 Å². The van der Waals surface area contributed by atoms with Crippen LogP contribution in [0.1, 0.15) is 34.5 Å². The molecule has 0 aliphatic carbocycles. The first-order valence-electron chi connectivity index (χ1n) is 9.14. The van der Waals surface area contributed by atoms with E-state index in [2.05, 4.69) is 5.32 Å². The zero-order valence-corrected chi connectivity index (χ0v) is 18.4. The molecule has 9 heteroatoms. The number of nitrogens with one attached hydrogen (secondary N) is 1. The number of nitrogens with zero attached hydrogens (tertiary/aromatic N) is 1. The van der Waals surface area contributed by atoms with Gasteiger partial charge in [-0.2, -0.15) is 4.31 Å². The quantitative estimate of drug-likeness (QED) is 0.741. The van der Waals surface area contributed by atoms with Crippen LogP contribution >= 0.6 is 23.2 Å². The van der Waals surface area contributed by atoms with Gasteiger partial charge in [-0.3, -0.25) is 4.79 Å². The minimum Gasteiger partial charge on any atom is -0.379 e. The number of hydrogen-bond donors (Lipinski definition) is 1. The van der Waals surface area contributed by atoms with E-state index in [4.69, 9.17) is 27.9 Å². The molecule has 1 saturated heterocycles. The van der Waals surface area contributed by atoms with Crippen LogP contribution in [0.15, 0.2) is 41.3 Å². The van der Waals surface area contributed by atoms with Gasteiger partial charge in [0.25, 0.3) is 5.91 Å². The molecular formula is C20H22Cl2N2O4S. The van der Waals surface area contributed by atoms with Crippen molar-refractivity contribution >= 4 is 39.1 Å². The van der Waals surface area contributed by atoms with Gasteiger partial charge in [-0.25, -0.2) is 8.42 Å². The maximum absolute atomic E-state index is 13.0. The molecule has 156 valence electrons. The van der Waals surface area contributed by atoms with Gasteiger partial charge in [-0.1, -0.05) is 35.3 Å². The fourth-order valence-corrected chi connectivity index (χ4v) is 5.39. The molecule has 1 heterocycles. The lowest BCUT2D eigenvalue weighted by Gasteiger charge is -2.27. The molecule has 3 rings (SSSR count). The van der Waals surface area contributed by atoms with Crippen LogP contribution in [0.25, 0.3) is 0 Å². The number of amides is 1. The van der Waals surface area contributed by atoms with Crippen molar-refractivity contribution in [2.24, 2.45) is 0 Å². The second-order valence-electron chi connectivity index (χ2n) is 6.86. The monoisotopic (exact) mass is 456 g/mol. The van der Waals surface area contributed by atoms with Crippen LogP contribution in [0.4, 0.5) is 0 Å². The van der Waals surface area contributed by atoms with Gasteiger partial charge in [0.2, 0.25) is 10.0 Å². The van der Waals surface area contributed by atoms with Crippen LogP contribution in [-0.2, 0) is 14.8 Å². The first-order valence-corrected chi connectivity index (χ1v) is 11.3. The third-order valence-electron chi connectivity index (χ3n) is 4.81. The van der Waals surface area contributed by atoms with E-state index in [0.29, 0.717) is 41.9 Å². The summed E-state index contributed by atoms with van der Waals surface area (Å²) in [7, 11) is -3.70. The van der Waals surface area contributed by atoms with E-state index in [9.17, 15) is 13.2 Å². The normalized spacial score (nSPS) is 16.4. The lowest BCUT2D eigenvalue weighted by atomic mass is 10.1. The van der Waals surface area contributed by atoms with Crippen LogP contribution < -0.4 is 5.32 Å². The Morgan fingerprint density at radius 1 is 1.14 bits per heavy atom. The highest BCUT2D eigenvalue weighted by Gasteiger charge is 2.28. The summed E-state index contributed by atoms with van der Waals surface area (Å²) in [5, 5.41) is 3.81. The van der Waals surface area contributed by atoms with E-state index in [1.807, 2.05) is 0 Å². The highest BCUT2D eigenvalue weighted by molar-refractivity contribution is 7.89. The van der Waals surface area contributed by atoms with Gasteiger partial charge in [-0.05, 0) is 49.2 Å². The molecule has 0 bridgehead atoms. The third kappa shape index (κ3) is 4.92. The first kappa shape index (κ1) is 22.1. The van der Waals surface area contributed by atoms with E-state index in [1.54, 1.807) is 44.2 Å². The molecule has 2 aromatic carbocycles. The number of carbonyl (C=O) groups excluding carboxylic acids is 1. The van der Waals surface area contributed by atoms with Crippen molar-refractivity contribution in [1.29, 1.82) is 0 Å². The van der Waals surface area contributed by atoms with Crippen molar-refractivity contribution in [3.05, 3.63) is 63.1 Å². The van der Waals surface area contributed by atoms with Crippen molar-refractivity contribution in [1.82, 2.24) is 9.62 Å². The molecule has 2 aromatic rings. The van der Waals surface area contributed by atoms with Crippen LogP contribution in [0.2, 0.25) is 10.0 Å². The molecule has 29 heavy (non-hydrogen) atoms. The van der Waals surface area contributed by atoms with E-state index < -0.39 is 10.0 Å². The first-order chi connectivity index (χ1) is 13.7. The molecule has 1 aliphatic heterocycles. The van der Waals surface area contributed by atoms with Gasteiger partial charge >= 0.3 is 0 Å². The summed E-state index contributed by atoms with van der Waals surface area (Å²) in [6.07, 6.45) is 0. The molecule has 1 N–H and O–H groups in total. The summed E-state index contributed by atoms with van der Waals surface area (Å²) in [4.78, 5) is 12.9. The maximum Gasteiger partial charge on any atom is 0.251 e. The summed E-state index contributed by atoms with van der Waals surface area (Å²) in [5.41, 5.74) is 1.57. The fraction of sp³-hybridized carbons (Fsp3) is 0.350. The van der Waals surface area contributed by atoms with Crippen molar-refractivity contribution in [3.63, 3.8) is 0 Å². The average molecular weight is 457 g/mol. The third-order valence-corrected chi connectivity index (χ3v) is 7.42. The summed E-state index contributed by atoms with van der Waals surface area (Å²) >= 11 is 12.1. The SMILES string of the molecule is Cc1ccc(C(=O)NC(C)c2ccc(Cl)cc2Cl)cc1S(=O)(=O)N1CCOCC1. The zero-order valence-electron chi connectivity index (χ0n) is 16.1. The van der Waals surface area contributed by atoms with Gasteiger partial charge in [0.1, 0.15) is 0 Å². The largest absolute Gasteiger partial charge is 0.379 e. The molecule has 1 fully saturated rings. The number of benzene rings is 2. The Balaban J connectivity index is 1.84. The minimum absolute atomic E-state index is 0.129. The van der Waals surface area contributed by atoms with Gasteiger partial charge < -0.3 is 10.1 Å². The highest BCUT2D eigenvalue weighted by atomic mass is 35.5. The smallest absolute Gasteiger partial charge is 0.251 e. The van der Waals surface area contributed by atoms with E-state index in [1.165, 1.54) is 10.4 Å². The zero-order chi connectivity index (χ0) is 21.2. The Hall–Kier alpha value is -1.64. The summed E-state index contributed by atoms with van der Waals surface area (Å²) in [5.74, 6) is -0.387. The van der Waals surface area contributed by atoms with E-state index in [0.717, 1.165) is 5.56 Å². The predicted octanol–water partition coefficient (Wildman–Crippen LogP) is 3.81. The van der Waals surface area contributed by atoms with Crippen LogP contribution in [0, 0.1) is 6.92 Å². The Bertz CT molecular complexity index is 1020. The topological polar surface area (TPSA) is 75.7 Å². The molecule has 6 nitrogen and oxygen atoms in total. The lowest BCUT2D eigenvalue weighted by molar-refractivity contribution is 0.0730. The van der Waals surface area contributed by atoms with Gasteiger partial charge in [0.05, 0.1) is 24.2 Å². The van der Waals surface area contributed by atoms with Crippen LogP contribution in [0.5, 0.6) is 0 Å². The molecule has 1 aliphatic rings. The standard InChI is InChI=1S/C20H22Cl2N2O4S/c1-13-3-4-15(11-19(13)29(26,27)24-7-9-28-10-8-24)20(25)23-14(2)17-6-5-16(21)12-18(17)22/h3-6,11-12,14H,7-10H2,1-2H3,(H,23,25). The molecule has 1 unspecified atom stereocenters. The summed E-state index contributed by atoms with van der Waals surface area (Å²) in [6.45, 7) is 4.82. The number of carbonyl (C=O) groups is 1. The number of hydrogen-bond acceptors (Lipinski definition) is 4. The van der Waals surface area contributed by atoms with E-state index in [-0.39, 0.29) is 22.4 Å². The molecule has 0 radical (unpaired) electrons. The summed E-state index contributed by atoms with van der Waals surface area (Å²) < 4.78 is 32.6. The van der Waals surface area contributed by atoms with Crippen molar-refractivity contribution < 1.29 is 17.9 Å². The van der Waals surface area contributed by atoms with Gasteiger partial charge in [0.15, 0.2) is 0 Å². The number of halogens is 2. The Morgan fingerprint density at radius 2 is 1.83 bits per heavy atom. The van der Waals surface area contributed by atoms with Crippen molar-refractivity contribution in [3.8, 4) is 0 Å². The van der Waals surface area contributed by atoms with Gasteiger partial charge in [0, 0.05) is 28.7 Å². The fourth-order valence-electron chi connectivity index (χ4n) is 3.16. The number of ether oxygens (including phenoxy) is 1. The van der Waals surface area contributed by atoms with Gasteiger partial charge in [-0.15, -0.1) is 0 Å². The second kappa shape index (κ2) is 9.02. The van der Waals surface area contributed by atoms with Crippen molar-refractivity contribution in [2.75, 3.05) is 26.3 Å². The number of rotatable bonds is 5. The predicted molar refractivity (Wildman–Crippen MR) is 113 cm³/mol. The molecule has 0 spiro atoms. The number of morpholine rings is 1. The molecule has 1 atom stereocenters. The molecule has 0 saturated carbocycles. The Morgan fingerprint density at radius 3 is 2.48 bits per heavy atom.